The molecule has 30 heavy (non-hydrogen) atoms. The number of allylic oxidation sites excluding steroid dienone is 2. The molecule has 148 valence electrons. The number of methoxy groups -OCH3 is 1. The summed E-state index contributed by atoms with van der Waals surface area (Å²) in [6.45, 7) is 0. The predicted molar refractivity (Wildman–Crippen MR) is 120 cm³/mol. The van der Waals surface area contributed by atoms with Crippen LogP contribution in [0.2, 0.25) is 0 Å². The van der Waals surface area contributed by atoms with Gasteiger partial charge in [0.2, 0.25) is 0 Å². The van der Waals surface area contributed by atoms with Gasteiger partial charge in [-0.1, -0.05) is 72.8 Å². The molecular weight excluding hydrogens is 374 g/mol. The van der Waals surface area contributed by atoms with E-state index in [0.29, 0.717) is 11.5 Å². The SMILES string of the molecule is COc1ccc(NN2C(=O)/C(=C/C=C/c3ccccc3)N=C2c2ccccc2)cc1. The molecule has 0 saturated carbocycles. The summed E-state index contributed by atoms with van der Waals surface area (Å²) >= 11 is 0. The number of nitrogens with one attached hydrogen (secondary N) is 1. The van der Waals surface area contributed by atoms with E-state index in [2.05, 4.69) is 10.4 Å². The number of ether oxygens (including phenoxy) is 1. The topological polar surface area (TPSA) is 53.9 Å². The Bertz CT molecular complexity index is 1100. The second kappa shape index (κ2) is 8.92. The van der Waals surface area contributed by atoms with Crippen molar-refractivity contribution in [3.63, 3.8) is 0 Å². The van der Waals surface area contributed by atoms with Crippen LogP contribution < -0.4 is 10.2 Å². The Hall–Kier alpha value is -4.12. The molecule has 1 N–H and O–H groups in total. The van der Waals surface area contributed by atoms with E-state index in [9.17, 15) is 4.79 Å². The van der Waals surface area contributed by atoms with E-state index >= 15 is 0 Å². The number of amides is 1. The Morgan fingerprint density at radius 3 is 2.23 bits per heavy atom. The molecule has 4 rings (SSSR count). The highest BCUT2D eigenvalue weighted by molar-refractivity contribution is 6.19. The number of rotatable bonds is 6. The molecule has 0 bridgehead atoms. The summed E-state index contributed by atoms with van der Waals surface area (Å²) in [6, 6.07) is 26.9. The van der Waals surface area contributed by atoms with Crippen molar-refractivity contribution in [2.45, 2.75) is 0 Å². The molecule has 5 nitrogen and oxygen atoms in total. The van der Waals surface area contributed by atoms with E-state index in [1.54, 1.807) is 13.2 Å². The lowest BCUT2D eigenvalue weighted by atomic mass is 10.2. The van der Waals surface area contributed by atoms with Crippen molar-refractivity contribution in [2.24, 2.45) is 4.99 Å². The molecule has 0 atom stereocenters. The summed E-state index contributed by atoms with van der Waals surface area (Å²) in [4.78, 5) is 17.7. The van der Waals surface area contributed by atoms with Gasteiger partial charge in [0.05, 0.1) is 12.8 Å². The maximum Gasteiger partial charge on any atom is 0.297 e. The lowest BCUT2D eigenvalue weighted by Crippen LogP contribution is -2.37. The number of benzene rings is 3. The van der Waals surface area contributed by atoms with Gasteiger partial charge in [-0.2, -0.15) is 5.01 Å². The van der Waals surface area contributed by atoms with Gasteiger partial charge >= 0.3 is 0 Å². The van der Waals surface area contributed by atoms with Crippen molar-refractivity contribution in [2.75, 3.05) is 12.5 Å². The largest absolute Gasteiger partial charge is 0.497 e. The van der Waals surface area contributed by atoms with Crippen LogP contribution in [0.1, 0.15) is 11.1 Å². The lowest BCUT2D eigenvalue weighted by molar-refractivity contribution is -0.121. The quantitative estimate of drug-likeness (QED) is 0.604. The van der Waals surface area contributed by atoms with Crippen LogP contribution in [0.15, 0.2) is 108 Å². The van der Waals surface area contributed by atoms with Crippen molar-refractivity contribution in [3.8, 4) is 5.75 Å². The van der Waals surface area contributed by atoms with E-state index in [4.69, 9.17) is 4.74 Å². The average Bonchev–Trinajstić information content (AvgIpc) is 3.11. The zero-order valence-corrected chi connectivity index (χ0v) is 16.5. The number of anilines is 1. The highest BCUT2D eigenvalue weighted by Gasteiger charge is 2.31. The first-order valence-electron chi connectivity index (χ1n) is 9.57. The molecule has 0 aliphatic carbocycles. The summed E-state index contributed by atoms with van der Waals surface area (Å²) in [5.74, 6) is 1.08. The van der Waals surface area contributed by atoms with Gasteiger partial charge in [0.15, 0.2) is 5.84 Å². The minimum Gasteiger partial charge on any atom is -0.497 e. The highest BCUT2D eigenvalue weighted by Crippen LogP contribution is 2.23. The first-order valence-corrected chi connectivity index (χ1v) is 9.57. The van der Waals surface area contributed by atoms with E-state index in [0.717, 1.165) is 22.6 Å². The minimum absolute atomic E-state index is 0.220. The van der Waals surface area contributed by atoms with Gasteiger partial charge in [0, 0.05) is 5.56 Å². The molecule has 0 saturated heterocycles. The molecule has 5 heteroatoms. The number of hydrogen-bond acceptors (Lipinski definition) is 4. The number of hydrazine groups is 1. The fourth-order valence-corrected chi connectivity index (χ4v) is 3.02. The zero-order chi connectivity index (χ0) is 20.8. The molecule has 1 heterocycles. The van der Waals surface area contributed by atoms with Crippen LogP contribution in [0, 0.1) is 0 Å². The summed E-state index contributed by atoms with van der Waals surface area (Å²) in [5, 5.41) is 1.47. The van der Waals surface area contributed by atoms with Gasteiger partial charge in [-0.05, 0) is 35.9 Å². The van der Waals surface area contributed by atoms with Crippen LogP contribution in [-0.2, 0) is 4.79 Å². The number of nitrogens with zero attached hydrogens (tertiary/aromatic N) is 2. The Labute approximate surface area is 175 Å². The summed E-state index contributed by atoms with van der Waals surface area (Å²) in [7, 11) is 1.62. The van der Waals surface area contributed by atoms with Crippen LogP contribution in [0.4, 0.5) is 5.69 Å². The Morgan fingerprint density at radius 1 is 0.900 bits per heavy atom. The second-order valence-electron chi connectivity index (χ2n) is 6.60. The first kappa shape index (κ1) is 19.2. The fourth-order valence-electron chi connectivity index (χ4n) is 3.02. The third-order valence-electron chi connectivity index (χ3n) is 4.57. The molecule has 3 aromatic carbocycles. The molecular formula is C25H21N3O2. The van der Waals surface area contributed by atoms with Gasteiger partial charge in [0.1, 0.15) is 11.4 Å². The Kier molecular flexibility index (Phi) is 5.71. The number of carbonyl (C=O) groups is 1. The summed E-state index contributed by atoms with van der Waals surface area (Å²) in [6.07, 6.45) is 5.51. The number of carbonyl (C=O) groups excluding carboxylic acids is 1. The standard InChI is InChI=1S/C25H21N3O2/c1-30-22-17-15-21(16-18-22)27-28-24(20-12-6-3-7-13-20)26-23(25(28)29)14-8-11-19-9-4-2-5-10-19/h2-18,27H,1H3/b11-8+,23-14-. The normalized spacial score (nSPS) is 15.0. The Morgan fingerprint density at radius 2 is 1.57 bits per heavy atom. The van der Waals surface area contributed by atoms with Gasteiger partial charge in [0.25, 0.3) is 5.91 Å². The molecule has 3 aromatic rings. The van der Waals surface area contributed by atoms with Gasteiger partial charge in [-0.25, -0.2) is 4.99 Å². The molecule has 1 aliphatic heterocycles. The summed E-state index contributed by atoms with van der Waals surface area (Å²) in [5.41, 5.74) is 6.19. The third-order valence-corrected chi connectivity index (χ3v) is 4.57. The maximum absolute atomic E-state index is 13.1. The van der Waals surface area contributed by atoms with E-state index < -0.39 is 0 Å². The highest BCUT2D eigenvalue weighted by atomic mass is 16.5. The van der Waals surface area contributed by atoms with Crippen molar-refractivity contribution < 1.29 is 9.53 Å². The third kappa shape index (κ3) is 4.31. The number of hydrogen-bond donors (Lipinski definition) is 1. The molecule has 0 spiro atoms. The molecule has 0 unspecified atom stereocenters. The summed E-state index contributed by atoms with van der Waals surface area (Å²) < 4.78 is 5.20. The van der Waals surface area contributed by atoms with Crippen LogP contribution in [0.5, 0.6) is 5.75 Å². The van der Waals surface area contributed by atoms with Crippen LogP contribution in [0.3, 0.4) is 0 Å². The lowest BCUT2D eigenvalue weighted by Gasteiger charge is -2.20. The number of aliphatic imine (C=N–C) groups is 1. The second-order valence-corrected chi connectivity index (χ2v) is 6.60. The average molecular weight is 395 g/mol. The van der Waals surface area contributed by atoms with Gasteiger partial charge in [-0.3, -0.25) is 10.2 Å². The van der Waals surface area contributed by atoms with E-state index in [1.165, 1.54) is 5.01 Å². The molecule has 0 fully saturated rings. The maximum atomic E-state index is 13.1. The Balaban J connectivity index is 1.62. The van der Waals surface area contributed by atoms with E-state index in [1.807, 2.05) is 97.1 Å². The zero-order valence-electron chi connectivity index (χ0n) is 16.5. The smallest absolute Gasteiger partial charge is 0.297 e. The fraction of sp³-hybridized carbons (Fsp3) is 0.0400. The minimum atomic E-state index is -0.220. The number of amidine groups is 1. The van der Waals surface area contributed by atoms with Crippen molar-refractivity contribution in [1.29, 1.82) is 0 Å². The van der Waals surface area contributed by atoms with Crippen molar-refractivity contribution in [1.82, 2.24) is 5.01 Å². The monoisotopic (exact) mass is 395 g/mol. The molecule has 0 aromatic heterocycles. The van der Waals surface area contributed by atoms with E-state index in [-0.39, 0.29) is 5.91 Å². The van der Waals surface area contributed by atoms with Crippen molar-refractivity contribution >= 4 is 23.5 Å². The van der Waals surface area contributed by atoms with Crippen molar-refractivity contribution in [3.05, 3.63) is 114 Å². The van der Waals surface area contributed by atoms with Gasteiger partial charge in [-0.15, -0.1) is 0 Å². The van der Waals surface area contributed by atoms with Crippen LogP contribution in [-0.4, -0.2) is 23.9 Å². The van der Waals surface area contributed by atoms with Crippen LogP contribution >= 0.6 is 0 Å². The van der Waals surface area contributed by atoms with Crippen LogP contribution in [0.25, 0.3) is 6.08 Å². The van der Waals surface area contributed by atoms with Gasteiger partial charge < -0.3 is 4.74 Å². The molecule has 1 amide bonds. The molecule has 0 radical (unpaired) electrons. The predicted octanol–water partition coefficient (Wildman–Crippen LogP) is 4.91. The molecule has 1 aliphatic rings. The first-order chi connectivity index (χ1) is 14.7.